The molecule has 0 unspecified atom stereocenters. The Morgan fingerprint density at radius 3 is 2.67 bits per heavy atom. The van der Waals surface area contributed by atoms with Gasteiger partial charge in [0.05, 0.1) is 22.8 Å². The molecule has 2 aliphatic rings. The van der Waals surface area contributed by atoms with Crippen LogP contribution in [0, 0.1) is 11.3 Å². The molecule has 4 N–H and O–H groups in total. The van der Waals surface area contributed by atoms with Crippen LogP contribution in [0.4, 0.5) is 5.69 Å². The number of rotatable bonds is 7. The van der Waals surface area contributed by atoms with Gasteiger partial charge in [-0.3, -0.25) is 14.4 Å². The average Bonchev–Trinajstić information content (AvgIpc) is 3.52. The second-order valence-electron chi connectivity index (χ2n) is 8.97. The number of nitriles is 1. The summed E-state index contributed by atoms with van der Waals surface area (Å²) in [6, 6.07) is 6.68. The number of H-pyrrole nitrogens is 1. The SMILES string of the molecule is CNC(=O)/C(C#N)=C(/Nc1cccc2c(Cl)c[nH]c12)N[C@H]1CCCCN(CC(=O)N2CCCC2)C1=O. The number of carbonyl (C=O) groups is 3. The molecular formula is C25H30ClN7O3. The van der Waals surface area contributed by atoms with E-state index < -0.39 is 11.9 Å². The van der Waals surface area contributed by atoms with E-state index in [0.717, 1.165) is 44.2 Å². The fourth-order valence-corrected chi connectivity index (χ4v) is 4.89. The lowest BCUT2D eigenvalue weighted by Gasteiger charge is -2.28. The minimum atomic E-state index is -0.708. The van der Waals surface area contributed by atoms with Crippen molar-refractivity contribution in [2.45, 2.75) is 38.1 Å². The lowest BCUT2D eigenvalue weighted by Crippen LogP contribution is -2.49. The summed E-state index contributed by atoms with van der Waals surface area (Å²) in [5.74, 6) is -0.754. The maximum atomic E-state index is 13.5. The van der Waals surface area contributed by atoms with Gasteiger partial charge in [-0.1, -0.05) is 23.7 Å². The first-order valence-electron chi connectivity index (χ1n) is 12.1. The number of aromatic nitrogens is 1. The smallest absolute Gasteiger partial charge is 0.265 e. The van der Waals surface area contributed by atoms with Crippen molar-refractivity contribution in [3.05, 3.63) is 40.8 Å². The molecule has 2 aliphatic heterocycles. The number of nitrogens with one attached hydrogen (secondary N) is 4. The molecule has 1 aromatic heterocycles. The number of amides is 3. The Hall–Kier alpha value is -3.71. The number of likely N-dealkylation sites (N-methyl/N-ethyl adjacent to an activating group) is 1. The molecule has 0 aliphatic carbocycles. The number of halogens is 1. The van der Waals surface area contributed by atoms with Crippen LogP contribution in [0.15, 0.2) is 35.8 Å². The topological polar surface area (TPSA) is 133 Å². The van der Waals surface area contributed by atoms with E-state index in [1.807, 2.05) is 12.1 Å². The van der Waals surface area contributed by atoms with Crippen molar-refractivity contribution >= 4 is 45.9 Å². The van der Waals surface area contributed by atoms with Crippen molar-refractivity contribution in [2.24, 2.45) is 0 Å². The van der Waals surface area contributed by atoms with Crippen molar-refractivity contribution in [3.8, 4) is 6.07 Å². The zero-order valence-electron chi connectivity index (χ0n) is 20.2. The highest BCUT2D eigenvalue weighted by Gasteiger charge is 2.31. The molecular weight excluding hydrogens is 482 g/mol. The fourth-order valence-electron chi connectivity index (χ4n) is 4.68. The lowest BCUT2D eigenvalue weighted by molar-refractivity contribution is -0.140. The van der Waals surface area contributed by atoms with Gasteiger partial charge in [-0.15, -0.1) is 0 Å². The van der Waals surface area contributed by atoms with E-state index in [2.05, 4.69) is 20.9 Å². The Morgan fingerprint density at radius 1 is 1.19 bits per heavy atom. The van der Waals surface area contributed by atoms with Gasteiger partial charge < -0.3 is 30.7 Å². The lowest BCUT2D eigenvalue weighted by atomic mass is 10.1. The van der Waals surface area contributed by atoms with Gasteiger partial charge in [-0.2, -0.15) is 5.26 Å². The predicted octanol–water partition coefficient (Wildman–Crippen LogP) is 2.31. The normalized spacial score (nSPS) is 18.9. The van der Waals surface area contributed by atoms with Gasteiger partial charge in [0.2, 0.25) is 11.8 Å². The number of fused-ring (bicyclic) bond motifs is 1. The maximum absolute atomic E-state index is 13.5. The van der Waals surface area contributed by atoms with Crippen LogP contribution in [0.3, 0.4) is 0 Å². The number of hydrogen-bond acceptors (Lipinski definition) is 6. The fraction of sp³-hybridized carbons (Fsp3) is 0.440. The molecule has 0 radical (unpaired) electrons. The standard InChI is InChI=1S/C25H30ClN7O3/c1-28-24(35)17(13-27)23(30-19-9-6-7-16-18(26)14-29-22(16)19)31-20-8-2-3-12-33(25(20)36)15-21(34)32-10-4-5-11-32/h6-7,9,14,20,29-31H,2-5,8,10-12,15H2,1H3,(H,28,35)/b23-17-/t20-/m0/s1. The van der Waals surface area contributed by atoms with Crippen LogP contribution < -0.4 is 16.0 Å². The first-order chi connectivity index (χ1) is 17.4. The van der Waals surface area contributed by atoms with Crippen molar-refractivity contribution in [2.75, 3.05) is 38.5 Å². The van der Waals surface area contributed by atoms with Gasteiger partial charge in [0, 0.05) is 38.3 Å². The van der Waals surface area contributed by atoms with Crippen LogP contribution in [0.25, 0.3) is 10.9 Å². The van der Waals surface area contributed by atoms with Gasteiger partial charge >= 0.3 is 0 Å². The van der Waals surface area contributed by atoms with E-state index in [4.69, 9.17) is 11.6 Å². The Balaban J connectivity index is 1.61. The average molecular weight is 512 g/mol. The number of benzene rings is 1. The molecule has 2 fully saturated rings. The van der Waals surface area contributed by atoms with E-state index in [0.29, 0.717) is 29.2 Å². The zero-order chi connectivity index (χ0) is 25.7. The summed E-state index contributed by atoms with van der Waals surface area (Å²) < 4.78 is 0. The van der Waals surface area contributed by atoms with Gasteiger partial charge in [0.25, 0.3) is 5.91 Å². The molecule has 190 valence electrons. The maximum Gasteiger partial charge on any atom is 0.265 e. The van der Waals surface area contributed by atoms with Crippen LogP contribution in [0.1, 0.15) is 32.1 Å². The third-order valence-electron chi connectivity index (χ3n) is 6.62. The van der Waals surface area contributed by atoms with Gasteiger partial charge in [-0.05, 0) is 38.2 Å². The highest BCUT2D eigenvalue weighted by Crippen LogP contribution is 2.29. The Labute approximate surface area is 214 Å². The molecule has 3 amide bonds. The van der Waals surface area contributed by atoms with E-state index >= 15 is 0 Å². The molecule has 10 nitrogen and oxygen atoms in total. The van der Waals surface area contributed by atoms with E-state index in [1.165, 1.54) is 7.05 Å². The van der Waals surface area contributed by atoms with Gasteiger partial charge in [0.15, 0.2) is 5.57 Å². The minimum absolute atomic E-state index is 0.0321. The van der Waals surface area contributed by atoms with Crippen molar-refractivity contribution in [1.82, 2.24) is 25.4 Å². The first kappa shape index (κ1) is 25.4. The molecule has 36 heavy (non-hydrogen) atoms. The predicted molar refractivity (Wildman–Crippen MR) is 137 cm³/mol. The largest absolute Gasteiger partial charge is 0.359 e. The van der Waals surface area contributed by atoms with Gasteiger partial charge in [-0.25, -0.2) is 0 Å². The van der Waals surface area contributed by atoms with Crippen molar-refractivity contribution in [3.63, 3.8) is 0 Å². The first-order valence-corrected chi connectivity index (χ1v) is 12.5. The van der Waals surface area contributed by atoms with Crippen LogP contribution in [0.5, 0.6) is 0 Å². The number of hydrogen-bond donors (Lipinski definition) is 4. The Bertz CT molecular complexity index is 1230. The minimum Gasteiger partial charge on any atom is -0.359 e. The molecule has 0 bridgehead atoms. The number of para-hydroxylation sites is 1. The van der Waals surface area contributed by atoms with E-state index in [-0.39, 0.29) is 29.8 Å². The monoisotopic (exact) mass is 511 g/mol. The van der Waals surface area contributed by atoms with Crippen LogP contribution in [-0.2, 0) is 14.4 Å². The van der Waals surface area contributed by atoms with Gasteiger partial charge in [0.1, 0.15) is 17.9 Å². The summed E-state index contributed by atoms with van der Waals surface area (Å²) in [4.78, 5) is 45.2. The number of carbonyl (C=O) groups excluding carboxylic acids is 3. The van der Waals surface area contributed by atoms with E-state index in [9.17, 15) is 19.6 Å². The molecule has 2 saturated heterocycles. The number of aromatic amines is 1. The van der Waals surface area contributed by atoms with Crippen molar-refractivity contribution in [1.29, 1.82) is 5.26 Å². The van der Waals surface area contributed by atoms with Crippen LogP contribution in [0.2, 0.25) is 5.02 Å². The molecule has 2 aromatic rings. The van der Waals surface area contributed by atoms with Crippen LogP contribution in [-0.4, -0.2) is 71.8 Å². The second-order valence-corrected chi connectivity index (χ2v) is 9.38. The van der Waals surface area contributed by atoms with Crippen molar-refractivity contribution < 1.29 is 14.4 Å². The highest BCUT2D eigenvalue weighted by molar-refractivity contribution is 6.35. The number of anilines is 1. The summed E-state index contributed by atoms with van der Waals surface area (Å²) in [7, 11) is 1.44. The third-order valence-corrected chi connectivity index (χ3v) is 6.94. The number of nitrogens with zero attached hydrogens (tertiary/aromatic N) is 3. The molecule has 0 saturated carbocycles. The third kappa shape index (κ3) is 5.41. The summed E-state index contributed by atoms with van der Waals surface area (Å²) in [6.45, 7) is 1.98. The second kappa shape index (κ2) is 11.4. The summed E-state index contributed by atoms with van der Waals surface area (Å²) in [5.41, 5.74) is 1.09. The Morgan fingerprint density at radius 2 is 1.94 bits per heavy atom. The highest BCUT2D eigenvalue weighted by atomic mass is 35.5. The summed E-state index contributed by atoms with van der Waals surface area (Å²) in [6.07, 6.45) is 5.66. The Kier molecular flexibility index (Phi) is 8.00. The molecule has 0 spiro atoms. The summed E-state index contributed by atoms with van der Waals surface area (Å²) in [5, 5.41) is 19.9. The van der Waals surface area contributed by atoms with Crippen LogP contribution >= 0.6 is 11.6 Å². The summed E-state index contributed by atoms with van der Waals surface area (Å²) >= 11 is 6.26. The quantitative estimate of drug-likeness (QED) is 0.333. The molecule has 1 atom stereocenters. The molecule has 11 heteroatoms. The molecule has 3 heterocycles. The number of likely N-dealkylation sites (tertiary alicyclic amines) is 2. The zero-order valence-corrected chi connectivity index (χ0v) is 21.0. The molecule has 1 aromatic carbocycles. The molecule has 4 rings (SSSR count). The van der Waals surface area contributed by atoms with E-state index in [1.54, 1.807) is 28.1 Å².